The maximum Gasteiger partial charge on any atom is 0.319 e. The van der Waals surface area contributed by atoms with Crippen molar-refractivity contribution in [3.05, 3.63) is 47.5 Å². The van der Waals surface area contributed by atoms with Gasteiger partial charge in [0.25, 0.3) is 0 Å². The maximum atomic E-state index is 11.3. The summed E-state index contributed by atoms with van der Waals surface area (Å²) < 4.78 is 4.73. The van der Waals surface area contributed by atoms with Gasteiger partial charge in [-0.25, -0.2) is 0 Å². The summed E-state index contributed by atoms with van der Waals surface area (Å²) in [6.07, 6.45) is 0.994. The van der Waals surface area contributed by atoms with Gasteiger partial charge in [0, 0.05) is 13.1 Å². The van der Waals surface area contributed by atoms with Gasteiger partial charge in [-0.1, -0.05) is 36.4 Å². The Labute approximate surface area is 112 Å². The van der Waals surface area contributed by atoms with Crippen molar-refractivity contribution in [2.45, 2.75) is 13.0 Å². The first-order valence-corrected chi connectivity index (χ1v) is 6.56. The highest BCUT2D eigenvalue weighted by atomic mass is 16.5. The monoisotopic (exact) mass is 255 g/mol. The lowest BCUT2D eigenvalue weighted by Crippen LogP contribution is -2.35. The fourth-order valence-electron chi connectivity index (χ4n) is 2.80. The van der Waals surface area contributed by atoms with E-state index in [-0.39, 0.29) is 5.97 Å². The van der Waals surface area contributed by atoms with Crippen LogP contribution in [0.4, 0.5) is 0 Å². The number of hydrogen-bond acceptors (Lipinski definition) is 3. The Kier molecular flexibility index (Phi) is 3.22. The summed E-state index contributed by atoms with van der Waals surface area (Å²) in [5, 5.41) is 2.64. The molecule has 0 unspecified atom stereocenters. The summed E-state index contributed by atoms with van der Waals surface area (Å²) in [6.45, 7) is 2.12. The first kappa shape index (κ1) is 12.2. The van der Waals surface area contributed by atoms with E-state index in [0.29, 0.717) is 6.54 Å². The predicted octanol–water partition coefficient (Wildman–Crippen LogP) is 2.37. The second-order valence-corrected chi connectivity index (χ2v) is 4.96. The van der Waals surface area contributed by atoms with E-state index in [1.54, 1.807) is 0 Å². The summed E-state index contributed by atoms with van der Waals surface area (Å²) in [4.78, 5) is 13.5. The number of fused-ring (bicyclic) bond motifs is 3. The molecule has 0 radical (unpaired) electrons. The van der Waals surface area contributed by atoms with Gasteiger partial charge in [0.15, 0.2) is 0 Å². The van der Waals surface area contributed by atoms with E-state index >= 15 is 0 Å². The number of rotatable bonds is 2. The Morgan fingerprint density at radius 3 is 2.95 bits per heavy atom. The molecule has 3 nitrogen and oxygen atoms in total. The van der Waals surface area contributed by atoms with Crippen LogP contribution in [0.3, 0.4) is 0 Å². The summed E-state index contributed by atoms with van der Waals surface area (Å²) in [7, 11) is 1.44. The first-order valence-electron chi connectivity index (χ1n) is 6.56. The Morgan fingerprint density at radius 2 is 2.11 bits per heavy atom. The smallest absolute Gasteiger partial charge is 0.319 e. The topological polar surface area (TPSA) is 29.5 Å². The summed E-state index contributed by atoms with van der Waals surface area (Å²) in [6, 6.07) is 12.8. The zero-order chi connectivity index (χ0) is 13.2. The minimum Gasteiger partial charge on any atom is -0.468 e. The molecule has 2 aromatic carbocycles. The molecule has 0 bridgehead atoms. The molecule has 0 aromatic heterocycles. The first-order chi connectivity index (χ1) is 9.28. The van der Waals surface area contributed by atoms with Crippen molar-refractivity contribution < 1.29 is 9.53 Å². The Hall–Kier alpha value is -1.87. The van der Waals surface area contributed by atoms with Crippen LogP contribution >= 0.6 is 0 Å². The molecule has 19 heavy (non-hydrogen) atoms. The lowest BCUT2D eigenvalue weighted by Gasteiger charge is -2.28. The fourth-order valence-corrected chi connectivity index (χ4v) is 2.80. The summed E-state index contributed by atoms with van der Waals surface area (Å²) >= 11 is 0. The highest BCUT2D eigenvalue weighted by Crippen LogP contribution is 2.27. The highest BCUT2D eigenvalue weighted by Gasteiger charge is 2.19. The van der Waals surface area contributed by atoms with Gasteiger partial charge in [-0.2, -0.15) is 0 Å². The van der Waals surface area contributed by atoms with Crippen molar-refractivity contribution in [3.63, 3.8) is 0 Å². The van der Waals surface area contributed by atoms with Crippen molar-refractivity contribution in [1.29, 1.82) is 0 Å². The molecule has 0 aliphatic carbocycles. The molecule has 3 heteroatoms. The standard InChI is InChI=1S/C16H17NO2/c1-19-16(18)11-17-9-8-15-13(10-17)7-6-12-4-2-3-5-14(12)15/h2-7H,8-11H2,1H3. The second-order valence-electron chi connectivity index (χ2n) is 4.96. The quantitative estimate of drug-likeness (QED) is 0.772. The number of carbonyl (C=O) groups is 1. The SMILES string of the molecule is COC(=O)CN1CCc2c(ccc3ccccc23)C1. The van der Waals surface area contributed by atoms with Gasteiger partial charge < -0.3 is 4.74 Å². The molecule has 0 atom stereocenters. The lowest BCUT2D eigenvalue weighted by atomic mass is 9.93. The molecule has 1 heterocycles. The van der Waals surface area contributed by atoms with Gasteiger partial charge in [-0.05, 0) is 28.3 Å². The Bertz CT molecular complexity index is 621. The van der Waals surface area contributed by atoms with Crippen LogP contribution in [0.2, 0.25) is 0 Å². The maximum absolute atomic E-state index is 11.3. The van der Waals surface area contributed by atoms with Crippen LogP contribution in [-0.2, 0) is 22.5 Å². The molecule has 0 spiro atoms. The number of methoxy groups -OCH3 is 1. The molecule has 0 saturated heterocycles. The molecule has 0 amide bonds. The highest BCUT2D eigenvalue weighted by molar-refractivity contribution is 5.87. The minimum absolute atomic E-state index is 0.163. The average Bonchev–Trinajstić information content (AvgIpc) is 2.46. The largest absolute Gasteiger partial charge is 0.468 e. The zero-order valence-electron chi connectivity index (χ0n) is 11.1. The van der Waals surface area contributed by atoms with Gasteiger partial charge in [-0.15, -0.1) is 0 Å². The van der Waals surface area contributed by atoms with Gasteiger partial charge in [-0.3, -0.25) is 9.69 Å². The van der Waals surface area contributed by atoms with Crippen molar-refractivity contribution >= 4 is 16.7 Å². The third-order valence-electron chi connectivity index (χ3n) is 3.79. The van der Waals surface area contributed by atoms with E-state index in [1.165, 1.54) is 29.0 Å². The van der Waals surface area contributed by atoms with E-state index < -0.39 is 0 Å². The number of ether oxygens (including phenoxy) is 1. The van der Waals surface area contributed by atoms with Crippen LogP contribution in [0, 0.1) is 0 Å². The molecule has 3 rings (SSSR count). The molecular weight excluding hydrogens is 238 g/mol. The van der Waals surface area contributed by atoms with Gasteiger partial charge >= 0.3 is 5.97 Å². The molecule has 0 saturated carbocycles. The van der Waals surface area contributed by atoms with Gasteiger partial charge in [0.2, 0.25) is 0 Å². The fraction of sp³-hybridized carbons (Fsp3) is 0.312. The van der Waals surface area contributed by atoms with Crippen LogP contribution in [-0.4, -0.2) is 31.1 Å². The van der Waals surface area contributed by atoms with Crippen molar-refractivity contribution in [2.75, 3.05) is 20.2 Å². The number of benzene rings is 2. The van der Waals surface area contributed by atoms with Crippen LogP contribution in [0.1, 0.15) is 11.1 Å². The molecule has 0 fully saturated rings. The van der Waals surface area contributed by atoms with Crippen molar-refractivity contribution in [1.82, 2.24) is 4.90 Å². The van der Waals surface area contributed by atoms with E-state index in [2.05, 4.69) is 41.3 Å². The Morgan fingerprint density at radius 1 is 1.26 bits per heavy atom. The summed E-state index contributed by atoms with van der Waals surface area (Å²) in [5.41, 5.74) is 2.76. The average molecular weight is 255 g/mol. The van der Waals surface area contributed by atoms with Crippen LogP contribution in [0.25, 0.3) is 10.8 Å². The van der Waals surface area contributed by atoms with Crippen molar-refractivity contribution in [3.8, 4) is 0 Å². The van der Waals surface area contributed by atoms with E-state index in [4.69, 9.17) is 4.74 Å². The lowest BCUT2D eigenvalue weighted by molar-refractivity contribution is -0.142. The molecule has 2 aromatic rings. The molecule has 0 N–H and O–H groups in total. The normalized spacial score (nSPS) is 15.2. The van der Waals surface area contributed by atoms with E-state index in [9.17, 15) is 4.79 Å². The number of esters is 1. The predicted molar refractivity (Wildman–Crippen MR) is 74.9 cm³/mol. The van der Waals surface area contributed by atoms with Crippen molar-refractivity contribution in [2.24, 2.45) is 0 Å². The molecule has 1 aliphatic rings. The van der Waals surface area contributed by atoms with E-state index in [1.807, 2.05) is 0 Å². The zero-order valence-corrected chi connectivity index (χ0v) is 11.1. The number of nitrogens with zero attached hydrogens (tertiary/aromatic N) is 1. The molecule has 1 aliphatic heterocycles. The minimum atomic E-state index is -0.163. The number of hydrogen-bond donors (Lipinski definition) is 0. The molecule has 98 valence electrons. The summed E-state index contributed by atoms with van der Waals surface area (Å²) in [5.74, 6) is -0.163. The van der Waals surface area contributed by atoms with Crippen LogP contribution in [0.15, 0.2) is 36.4 Å². The third kappa shape index (κ3) is 2.34. The third-order valence-corrected chi connectivity index (χ3v) is 3.79. The number of carbonyl (C=O) groups excluding carboxylic acids is 1. The molecular formula is C16H17NO2. The van der Waals surface area contributed by atoms with Crippen LogP contribution < -0.4 is 0 Å². The van der Waals surface area contributed by atoms with Crippen LogP contribution in [0.5, 0.6) is 0 Å². The second kappa shape index (κ2) is 5.02. The van der Waals surface area contributed by atoms with Gasteiger partial charge in [0.1, 0.15) is 0 Å². The van der Waals surface area contributed by atoms with E-state index in [0.717, 1.165) is 19.5 Å². The van der Waals surface area contributed by atoms with Gasteiger partial charge in [0.05, 0.1) is 13.7 Å². The Balaban J connectivity index is 1.90.